The maximum atomic E-state index is 12.3. The van der Waals surface area contributed by atoms with Crippen LogP contribution < -0.4 is 10.1 Å². The largest absolute Gasteiger partial charge is 0.497 e. The van der Waals surface area contributed by atoms with E-state index in [0.29, 0.717) is 0 Å². The Kier molecular flexibility index (Phi) is 4.02. The Bertz CT molecular complexity index is 568. The molecule has 1 aliphatic heterocycles. The Balaban J connectivity index is 1.97. The summed E-state index contributed by atoms with van der Waals surface area (Å²) in [6.45, 7) is -0.0404. The van der Waals surface area contributed by atoms with Crippen molar-refractivity contribution in [2.75, 3.05) is 20.8 Å². The molecule has 22 heavy (non-hydrogen) atoms. The van der Waals surface area contributed by atoms with Gasteiger partial charge in [0.15, 0.2) is 6.10 Å². The highest BCUT2D eigenvalue weighted by Crippen LogP contribution is 2.39. The number of carbonyl (C=O) groups excluding carboxylic acids is 2. The topological polar surface area (TPSA) is 67.9 Å². The molecule has 2 aliphatic rings. The molecular weight excluding hydrogens is 284 g/mol. The lowest BCUT2D eigenvalue weighted by molar-refractivity contribution is -0.165. The van der Waals surface area contributed by atoms with Crippen LogP contribution >= 0.6 is 0 Å². The van der Waals surface area contributed by atoms with Crippen molar-refractivity contribution in [3.8, 4) is 5.75 Å². The van der Waals surface area contributed by atoms with E-state index >= 15 is 0 Å². The molecule has 1 heterocycles. The molecule has 1 aromatic carbocycles. The van der Waals surface area contributed by atoms with Gasteiger partial charge in [0, 0.05) is 13.1 Å². The van der Waals surface area contributed by atoms with Gasteiger partial charge in [-0.25, -0.2) is 0 Å². The maximum absolute atomic E-state index is 12.3. The average Bonchev–Trinajstić information content (AvgIpc) is 3.38. The molecule has 6 heteroatoms. The number of nitrogens with zero attached hydrogens (tertiary/aromatic N) is 1. The zero-order valence-corrected chi connectivity index (χ0v) is 12.7. The number of methoxy groups -OCH3 is 1. The van der Waals surface area contributed by atoms with Crippen molar-refractivity contribution in [3.63, 3.8) is 0 Å². The van der Waals surface area contributed by atoms with Gasteiger partial charge in [-0.2, -0.15) is 0 Å². The molecule has 1 N–H and O–H groups in total. The first-order chi connectivity index (χ1) is 10.7. The van der Waals surface area contributed by atoms with Crippen LogP contribution in [0.2, 0.25) is 0 Å². The van der Waals surface area contributed by atoms with E-state index in [0.717, 1.165) is 24.2 Å². The fourth-order valence-corrected chi connectivity index (χ4v) is 2.91. The molecule has 2 atom stereocenters. The number of carbonyl (C=O) groups is 2. The number of nitrogens with one attached hydrogen (secondary N) is 1. The zero-order chi connectivity index (χ0) is 15.7. The monoisotopic (exact) mass is 304 g/mol. The number of likely N-dealkylation sites (N-methyl/N-ethyl adjacent to an activating group) is 1. The van der Waals surface area contributed by atoms with Crippen LogP contribution in [0.5, 0.6) is 5.75 Å². The van der Waals surface area contributed by atoms with Crippen LogP contribution in [-0.2, 0) is 14.3 Å². The second-order valence-electron chi connectivity index (χ2n) is 5.60. The lowest BCUT2D eigenvalue weighted by atomic mass is 9.96. The van der Waals surface area contributed by atoms with Gasteiger partial charge in [-0.1, -0.05) is 12.1 Å². The summed E-state index contributed by atoms with van der Waals surface area (Å²) < 4.78 is 10.7. The lowest BCUT2D eigenvalue weighted by Crippen LogP contribution is -2.54. The molecule has 1 aliphatic carbocycles. The molecule has 2 amide bonds. The highest BCUT2D eigenvalue weighted by molar-refractivity contribution is 5.86. The van der Waals surface area contributed by atoms with Gasteiger partial charge in [0.05, 0.1) is 13.2 Å². The van der Waals surface area contributed by atoms with E-state index in [1.807, 2.05) is 29.2 Å². The fraction of sp³-hybridized carbons (Fsp3) is 0.500. The van der Waals surface area contributed by atoms with Crippen LogP contribution in [0.1, 0.15) is 24.4 Å². The predicted octanol–water partition coefficient (Wildman–Crippen LogP) is 0.872. The van der Waals surface area contributed by atoms with Crippen molar-refractivity contribution in [3.05, 3.63) is 29.8 Å². The Morgan fingerprint density at radius 2 is 2.00 bits per heavy atom. The summed E-state index contributed by atoms with van der Waals surface area (Å²) >= 11 is 0. The standard InChI is InChI=1S/C16H20N2O4/c1-17-16(20)15-14(10-3-7-12(21-2)8-4-10)18(11-5-6-11)13(19)9-22-15/h3-4,7-8,11,14-15H,5-6,9H2,1-2H3,(H,17,20)/t14-,15+/m1/s1. The van der Waals surface area contributed by atoms with E-state index < -0.39 is 6.10 Å². The summed E-state index contributed by atoms with van der Waals surface area (Å²) in [5, 5.41) is 2.63. The first kappa shape index (κ1) is 14.8. The second-order valence-corrected chi connectivity index (χ2v) is 5.60. The summed E-state index contributed by atoms with van der Waals surface area (Å²) in [6.07, 6.45) is 1.29. The molecule has 0 aromatic heterocycles. The minimum atomic E-state index is -0.684. The molecule has 0 radical (unpaired) electrons. The number of amides is 2. The molecule has 6 nitrogen and oxygen atoms in total. The van der Waals surface area contributed by atoms with E-state index in [-0.39, 0.29) is 30.5 Å². The van der Waals surface area contributed by atoms with E-state index in [1.54, 1.807) is 14.2 Å². The molecule has 118 valence electrons. The minimum absolute atomic E-state index is 0.0404. The third kappa shape index (κ3) is 2.66. The summed E-state index contributed by atoms with van der Waals surface area (Å²) in [5.41, 5.74) is 0.884. The Hall–Kier alpha value is -2.08. The van der Waals surface area contributed by atoms with Gasteiger partial charge in [0.1, 0.15) is 12.4 Å². The summed E-state index contributed by atoms with van der Waals surface area (Å²) in [5.74, 6) is 0.476. The normalized spacial score (nSPS) is 25.0. The van der Waals surface area contributed by atoms with Crippen molar-refractivity contribution in [1.29, 1.82) is 0 Å². The smallest absolute Gasteiger partial charge is 0.251 e. The van der Waals surface area contributed by atoms with Crippen molar-refractivity contribution in [2.24, 2.45) is 0 Å². The fourth-order valence-electron chi connectivity index (χ4n) is 2.91. The van der Waals surface area contributed by atoms with Crippen LogP contribution in [0.15, 0.2) is 24.3 Å². The van der Waals surface area contributed by atoms with Gasteiger partial charge < -0.3 is 19.7 Å². The maximum Gasteiger partial charge on any atom is 0.251 e. The number of hydrogen-bond donors (Lipinski definition) is 1. The summed E-state index contributed by atoms with van der Waals surface area (Å²) in [4.78, 5) is 26.3. The van der Waals surface area contributed by atoms with Crippen LogP contribution in [0.25, 0.3) is 0 Å². The quantitative estimate of drug-likeness (QED) is 0.896. The van der Waals surface area contributed by atoms with Gasteiger partial charge in [-0.3, -0.25) is 9.59 Å². The predicted molar refractivity (Wildman–Crippen MR) is 79.4 cm³/mol. The van der Waals surface area contributed by atoms with E-state index in [9.17, 15) is 9.59 Å². The molecular formula is C16H20N2O4. The Morgan fingerprint density at radius 1 is 1.32 bits per heavy atom. The van der Waals surface area contributed by atoms with Crippen LogP contribution in [0.4, 0.5) is 0 Å². The van der Waals surface area contributed by atoms with E-state index in [2.05, 4.69) is 5.32 Å². The Morgan fingerprint density at radius 3 is 2.55 bits per heavy atom. The molecule has 0 spiro atoms. The van der Waals surface area contributed by atoms with Crippen LogP contribution in [0, 0.1) is 0 Å². The summed E-state index contributed by atoms with van der Waals surface area (Å²) in [7, 11) is 3.18. The average molecular weight is 304 g/mol. The highest BCUT2D eigenvalue weighted by Gasteiger charge is 2.47. The van der Waals surface area contributed by atoms with Gasteiger partial charge in [-0.05, 0) is 30.5 Å². The van der Waals surface area contributed by atoms with Crippen molar-refractivity contribution in [1.82, 2.24) is 10.2 Å². The number of morpholine rings is 1. The van der Waals surface area contributed by atoms with Crippen LogP contribution in [-0.4, -0.2) is 49.6 Å². The first-order valence-electron chi connectivity index (χ1n) is 7.44. The zero-order valence-electron chi connectivity index (χ0n) is 12.7. The van der Waals surface area contributed by atoms with Gasteiger partial charge in [0.25, 0.3) is 5.91 Å². The molecule has 3 rings (SSSR count). The lowest BCUT2D eigenvalue weighted by Gasteiger charge is -2.40. The first-order valence-corrected chi connectivity index (χ1v) is 7.44. The van der Waals surface area contributed by atoms with Gasteiger partial charge in [0.2, 0.25) is 5.91 Å². The molecule has 1 aromatic rings. The van der Waals surface area contributed by atoms with Gasteiger partial charge >= 0.3 is 0 Å². The van der Waals surface area contributed by atoms with Crippen molar-refractivity contribution < 1.29 is 19.1 Å². The van der Waals surface area contributed by atoms with Gasteiger partial charge in [-0.15, -0.1) is 0 Å². The highest BCUT2D eigenvalue weighted by atomic mass is 16.5. The SMILES string of the molecule is CNC(=O)[C@H]1OCC(=O)N(C2CC2)[C@@H]1c1ccc(OC)cc1. The molecule has 1 saturated heterocycles. The van der Waals surface area contributed by atoms with Crippen LogP contribution in [0.3, 0.4) is 0 Å². The molecule has 2 fully saturated rings. The molecule has 1 saturated carbocycles. The number of rotatable bonds is 4. The van der Waals surface area contributed by atoms with E-state index in [1.165, 1.54) is 0 Å². The van der Waals surface area contributed by atoms with Crippen molar-refractivity contribution in [2.45, 2.75) is 31.0 Å². The minimum Gasteiger partial charge on any atom is -0.497 e. The molecule has 0 unspecified atom stereocenters. The second kappa shape index (κ2) is 5.96. The Labute approximate surface area is 129 Å². The summed E-state index contributed by atoms with van der Waals surface area (Å²) in [6, 6.07) is 7.27. The number of ether oxygens (including phenoxy) is 2. The number of benzene rings is 1. The third-order valence-corrected chi connectivity index (χ3v) is 4.16. The molecule has 0 bridgehead atoms. The third-order valence-electron chi connectivity index (χ3n) is 4.16. The van der Waals surface area contributed by atoms with Crippen molar-refractivity contribution >= 4 is 11.8 Å². The number of hydrogen-bond acceptors (Lipinski definition) is 4. The van der Waals surface area contributed by atoms with E-state index in [4.69, 9.17) is 9.47 Å².